The molecule has 5 heteroatoms. The lowest BCUT2D eigenvalue weighted by molar-refractivity contribution is -0.145. The van der Waals surface area contributed by atoms with Gasteiger partial charge in [0.25, 0.3) is 0 Å². The Bertz CT molecular complexity index is 673. The highest BCUT2D eigenvalue weighted by molar-refractivity contribution is 5.85. The lowest BCUT2D eigenvalue weighted by atomic mass is 10.1. The van der Waals surface area contributed by atoms with Gasteiger partial charge in [0.05, 0.1) is 13.5 Å². The summed E-state index contributed by atoms with van der Waals surface area (Å²) >= 11 is 0. The van der Waals surface area contributed by atoms with Crippen LogP contribution in [0.1, 0.15) is 11.1 Å². The van der Waals surface area contributed by atoms with E-state index in [1.54, 1.807) is 18.2 Å². The molecule has 0 aliphatic heterocycles. The molecular weight excluding hydrogens is 297 g/mol. The first-order valence-electron chi connectivity index (χ1n) is 7.24. The number of hydrogen-bond donors (Lipinski definition) is 1. The van der Waals surface area contributed by atoms with Gasteiger partial charge in [0.1, 0.15) is 11.9 Å². The maximum absolute atomic E-state index is 13.6. The van der Waals surface area contributed by atoms with Crippen molar-refractivity contribution in [2.45, 2.75) is 18.9 Å². The van der Waals surface area contributed by atoms with E-state index in [-0.39, 0.29) is 12.0 Å². The molecule has 2 rings (SSSR count). The van der Waals surface area contributed by atoms with Crippen LogP contribution in [0.25, 0.3) is 0 Å². The van der Waals surface area contributed by atoms with Crippen LogP contribution in [0.2, 0.25) is 0 Å². The van der Waals surface area contributed by atoms with Gasteiger partial charge < -0.3 is 10.1 Å². The second kappa shape index (κ2) is 8.08. The summed E-state index contributed by atoms with van der Waals surface area (Å²) in [7, 11) is 1.27. The predicted molar refractivity (Wildman–Crippen MR) is 84.2 cm³/mol. The van der Waals surface area contributed by atoms with Gasteiger partial charge in [0, 0.05) is 6.42 Å². The van der Waals surface area contributed by atoms with Crippen molar-refractivity contribution in [1.29, 1.82) is 0 Å². The fourth-order valence-corrected chi connectivity index (χ4v) is 2.25. The second-order valence-corrected chi connectivity index (χ2v) is 5.10. The first kappa shape index (κ1) is 16.7. The number of amides is 1. The van der Waals surface area contributed by atoms with E-state index in [1.165, 1.54) is 13.2 Å². The molecule has 0 aromatic heterocycles. The Morgan fingerprint density at radius 2 is 1.74 bits per heavy atom. The summed E-state index contributed by atoms with van der Waals surface area (Å²) in [5.74, 6) is -1.41. The number of methoxy groups -OCH3 is 1. The summed E-state index contributed by atoms with van der Waals surface area (Å²) in [6.45, 7) is 0. The first-order chi connectivity index (χ1) is 11.1. The SMILES string of the molecule is COC(=O)C(Cc1ccccc1)NC(=O)Cc1ccccc1F. The molecule has 0 fully saturated rings. The van der Waals surface area contributed by atoms with E-state index in [1.807, 2.05) is 30.3 Å². The van der Waals surface area contributed by atoms with Crippen LogP contribution in [0.5, 0.6) is 0 Å². The standard InChI is InChI=1S/C18H18FNO3/c1-23-18(22)16(11-13-7-3-2-4-8-13)20-17(21)12-14-9-5-6-10-15(14)19/h2-10,16H,11-12H2,1H3,(H,20,21). The maximum Gasteiger partial charge on any atom is 0.328 e. The summed E-state index contributed by atoms with van der Waals surface area (Å²) in [6.07, 6.45) is 0.186. The zero-order chi connectivity index (χ0) is 16.7. The van der Waals surface area contributed by atoms with E-state index >= 15 is 0 Å². The van der Waals surface area contributed by atoms with Crippen molar-refractivity contribution >= 4 is 11.9 Å². The Labute approximate surface area is 134 Å². The minimum absolute atomic E-state index is 0.130. The molecule has 1 atom stereocenters. The van der Waals surface area contributed by atoms with Gasteiger partial charge in [-0.1, -0.05) is 48.5 Å². The number of carbonyl (C=O) groups excluding carboxylic acids is 2. The van der Waals surface area contributed by atoms with Gasteiger partial charge >= 0.3 is 5.97 Å². The van der Waals surface area contributed by atoms with E-state index in [4.69, 9.17) is 4.74 Å². The third kappa shape index (κ3) is 4.92. The summed E-state index contributed by atoms with van der Waals surface area (Å²) in [5.41, 5.74) is 1.18. The lowest BCUT2D eigenvalue weighted by Gasteiger charge is -2.16. The molecule has 1 unspecified atom stereocenters. The molecule has 4 nitrogen and oxygen atoms in total. The first-order valence-corrected chi connectivity index (χ1v) is 7.24. The van der Waals surface area contributed by atoms with Crippen molar-refractivity contribution in [3.8, 4) is 0 Å². The van der Waals surface area contributed by atoms with Gasteiger partial charge in [0.2, 0.25) is 5.91 Å². The molecule has 1 amide bonds. The largest absolute Gasteiger partial charge is 0.467 e. The zero-order valence-electron chi connectivity index (χ0n) is 12.8. The van der Waals surface area contributed by atoms with Crippen LogP contribution in [0.3, 0.4) is 0 Å². The van der Waals surface area contributed by atoms with Crippen molar-refractivity contribution in [3.63, 3.8) is 0 Å². The van der Waals surface area contributed by atoms with Crippen LogP contribution in [0, 0.1) is 5.82 Å². The van der Waals surface area contributed by atoms with E-state index < -0.39 is 23.7 Å². The van der Waals surface area contributed by atoms with Crippen LogP contribution in [0.4, 0.5) is 4.39 Å². The number of hydrogen-bond acceptors (Lipinski definition) is 3. The number of nitrogens with one attached hydrogen (secondary N) is 1. The fourth-order valence-electron chi connectivity index (χ4n) is 2.25. The number of halogens is 1. The highest BCUT2D eigenvalue weighted by Gasteiger charge is 2.22. The average molecular weight is 315 g/mol. The highest BCUT2D eigenvalue weighted by Crippen LogP contribution is 2.08. The molecule has 0 aliphatic rings. The summed E-state index contributed by atoms with van der Waals surface area (Å²) in [5, 5.41) is 2.61. The number of ether oxygens (including phenoxy) is 1. The Kier molecular flexibility index (Phi) is 5.86. The van der Waals surface area contributed by atoms with Gasteiger partial charge in [-0.05, 0) is 17.2 Å². The molecule has 0 spiro atoms. The van der Waals surface area contributed by atoms with E-state index in [0.717, 1.165) is 5.56 Å². The summed E-state index contributed by atoms with van der Waals surface area (Å²) in [4.78, 5) is 24.0. The van der Waals surface area contributed by atoms with E-state index in [0.29, 0.717) is 6.42 Å². The lowest BCUT2D eigenvalue weighted by Crippen LogP contribution is -2.43. The van der Waals surface area contributed by atoms with Crippen molar-refractivity contribution in [2.75, 3.05) is 7.11 Å². The molecule has 0 saturated heterocycles. The van der Waals surface area contributed by atoms with Gasteiger partial charge in [-0.15, -0.1) is 0 Å². The van der Waals surface area contributed by atoms with E-state index in [9.17, 15) is 14.0 Å². The second-order valence-electron chi connectivity index (χ2n) is 5.10. The Hall–Kier alpha value is -2.69. The van der Waals surface area contributed by atoms with Crippen molar-refractivity contribution < 1.29 is 18.7 Å². The summed E-state index contributed by atoms with van der Waals surface area (Å²) < 4.78 is 18.3. The van der Waals surface area contributed by atoms with Crippen LogP contribution >= 0.6 is 0 Å². The predicted octanol–water partition coefficient (Wildman–Crippen LogP) is 2.27. The molecule has 1 N–H and O–H groups in total. The van der Waals surface area contributed by atoms with Gasteiger partial charge in [0.15, 0.2) is 0 Å². The Balaban J connectivity index is 2.04. The number of carbonyl (C=O) groups is 2. The molecule has 0 radical (unpaired) electrons. The smallest absolute Gasteiger partial charge is 0.328 e. The molecule has 0 aliphatic carbocycles. The third-order valence-electron chi connectivity index (χ3n) is 3.41. The molecule has 2 aromatic rings. The minimum Gasteiger partial charge on any atom is -0.467 e. The maximum atomic E-state index is 13.6. The van der Waals surface area contributed by atoms with Crippen molar-refractivity contribution in [1.82, 2.24) is 5.32 Å². The van der Waals surface area contributed by atoms with Crippen LogP contribution in [0.15, 0.2) is 54.6 Å². The van der Waals surface area contributed by atoms with Crippen LogP contribution < -0.4 is 5.32 Å². The van der Waals surface area contributed by atoms with Crippen LogP contribution in [-0.4, -0.2) is 25.0 Å². The topological polar surface area (TPSA) is 55.4 Å². The summed E-state index contributed by atoms with van der Waals surface area (Å²) in [6, 6.07) is 14.5. The van der Waals surface area contributed by atoms with Gasteiger partial charge in [-0.25, -0.2) is 9.18 Å². The third-order valence-corrected chi connectivity index (χ3v) is 3.41. The van der Waals surface area contributed by atoms with Gasteiger partial charge in [-0.2, -0.15) is 0 Å². The normalized spacial score (nSPS) is 11.6. The van der Waals surface area contributed by atoms with Crippen molar-refractivity contribution in [3.05, 3.63) is 71.5 Å². The van der Waals surface area contributed by atoms with E-state index in [2.05, 4.69) is 5.32 Å². The number of rotatable bonds is 6. The molecule has 0 saturated carbocycles. The number of benzene rings is 2. The molecular formula is C18H18FNO3. The van der Waals surface area contributed by atoms with Crippen molar-refractivity contribution in [2.24, 2.45) is 0 Å². The molecule has 2 aromatic carbocycles. The molecule has 23 heavy (non-hydrogen) atoms. The zero-order valence-corrected chi connectivity index (χ0v) is 12.8. The quantitative estimate of drug-likeness (QED) is 0.832. The average Bonchev–Trinajstić information content (AvgIpc) is 2.56. The van der Waals surface area contributed by atoms with Gasteiger partial charge in [-0.3, -0.25) is 4.79 Å². The number of esters is 1. The Morgan fingerprint density at radius 1 is 1.09 bits per heavy atom. The highest BCUT2D eigenvalue weighted by atomic mass is 19.1. The molecule has 0 bridgehead atoms. The Morgan fingerprint density at radius 3 is 2.39 bits per heavy atom. The molecule has 0 heterocycles. The molecule has 120 valence electrons. The van der Waals surface area contributed by atoms with Crippen LogP contribution in [-0.2, 0) is 27.2 Å². The fraction of sp³-hybridized carbons (Fsp3) is 0.222. The monoisotopic (exact) mass is 315 g/mol. The minimum atomic E-state index is -0.804.